The highest BCUT2D eigenvalue weighted by Gasteiger charge is 2.32. The van der Waals surface area contributed by atoms with Crippen LogP contribution in [0.2, 0.25) is 0 Å². The van der Waals surface area contributed by atoms with Crippen LogP contribution in [0.4, 0.5) is 0 Å². The number of benzene rings is 2. The predicted octanol–water partition coefficient (Wildman–Crippen LogP) is 7.23. The fourth-order valence-corrected chi connectivity index (χ4v) is 6.00. The molecule has 2 saturated carbocycles. The van der Waals surface area contributed by atoms with Crippen LogP contribution in [0.1, 0.15) is 62.0 Å². The molecule has 1 heteroatoms. The quantitative estimate of drug-likeness (QED) is 0.411. The molecule has 2 aliphatic rings. The maximum Gasteiger partial charge on any atom is 0.213 e. The van der Waals surface area contributed by atoms with Crippen LogP contribution in [-0.2, 0) is 7.05 Å². The first kappa shape index (κ1) is 19.5. The number of aromatic nitrogens is 1. The Morgan fingerprint density at radius 2 is 1.53 bits per heavy atom. The van der Waals surface area contributed by atoms with Gasteiger partial charge in [-0.1, -0.05) is 68.1 Å². The molecular weight excluding hydrogens is 362 g/mol. The Hall–Kier alpha value is -2.41. The molecule has 2 aliphatic carbocycles. The average molecular weight is 397 g/mol. The largest absolute Gasteiger partial charge is 0.213 e. The Kier molecular flexibility index (Phi) is 5.46. The molecule has 0 spiro atoms. The molecule has 3 unspecified atom stereocenters. The first-order valence-electron chi connectivity index (χ1n) is 11.8. The first-order chi connectivity index (χ1) is 14.7. The van der Waals surface area contributed by atoms with E-state index in [0.717, 1.165) is 17.8 Å². The molecular formula is C29H34N+. The van der Waals surface area contributed by atoms with Crippen molar-refractivity contribution in [3.05, 3.63) is 78.0 Å². The van der Waals surface area contributed by atoms with E-state index in [4.69, 9.17) is 0 Å². The van der Waals surface area contributed by atoms with Crippen molar-refractivity contribution in [1.29, 1.82) is 0 Å². The molecule has 0 saturated heterocycles. The van der Waals surface area contributed by atoms with Crippen molar-refractivity contribution in [2.24, 2.45) is 18.9 Å². The Labute approximate surface area is 181 Å². The van der Waals surface area contributed by atoms with Gasteiger partial charge in [-0.05, 0) is 72.3 Å². The summed E-state index contributed by atoms with van der Waals surface area (Å²) in [5.74, 6) is 2.79. The highest BCUT2D eigenvalue weighted by Crippen LogP contribution is 2.46. The summed E-state index contributed by atoms with van der Waals surface area (Å²) in [6.45, 7) is 2.19. The molecule has 0 N–H and O–H groups in total. The highest BCUT2D eigenvalue weighted by atomic mass is 14.9. The smallest absolute Gasteiger partial charge is 0.201 e. The van der Waals surface area contributed by atoms with Crippen LogP contribution in [0.15, 0.2) is 66.9 Å². The van der Waals surface area contributed by atoms with Gasteiger partial charge in [-0.25, -0.2) is 4.57 Å². The zero-order valence-electron chi connectivity index (χ0n) is 18.5. The van der Waals surface area contributed by atoms with Gasteiger partial charge in [-0.3, -0.25) is 0 Å². The fraction of sp³-hybridized carbons (Fsp3) is 0.414. The minimum absolute atomic E-state index is 0.773. The Bertz CT molecular complexity index is 1020. The second-order valence-electron chi connectivity index (χ2n) is 9.66. The molecule has 2 aromatic carbocycles. The summed E-state index contributed by atoms with van der Waals surface area (Å²) in [5.41, 5.74) is 8.07. The topological polar surface area (TPSA) is 3.88 Å². The van der Waals surface area contributed by atoms with E-state index in [9.17, 15) is 0 Å². The van der Waals surface area contributed by atoms with Crippen molar-refractivity contribution in [2.75, 3.05) is 0 Å². The van der Waals surface area contributed by atoms with Gasteiger partial charge in [0, 0.05) is 17.7 Å². The lowest BCUT2D eigenvalue weighted by Gasteiger charge is -2.39. The molecule has 3 atom stereocenters. The van der Waals surface area contributed by atoms with Crippen LogP contribution in [0.5, 0.6) is 0 Å². The third kappa shape index (κ3) is 3.83. The van der Waals surface area contributed by atoms with Crippen LogP contribution >= 0.6 is 0 Å². The number of pyridine rings is 1. The second-order valence-corrected chi connectivity index (χ2v) is 9.66. The van der Waals surface area contributed by atoms with E-state index in [1.54, 1.807) is 5.56 Å². The summed E-state index contributed by atoms with van der Waals surface area (Å²) in [6.07, 6.45) is 12.3. The zero-order chi connectivity index (χ0) is 20.5. The van der Waals surface area contributed by atoms with Crippen molar-refractivity contribution < 1.29 is 4.57 Å². The summed E-state index contributed by atoms with van der Waals surface area (Å²) < 4.78 is 2.23. The van der Waals surface area contributed by atoms with Gasteiger partial charge in [0.2, 0.25) is 5.69 Å². The summed E-state index contributed by atoms with van der Waals surface area (Å²) in [6, 6.07) is 22.7. The number of aryl methyl sites for hydroxylation is 2. The van der Waals surface area contributed by atoms with Crippen LogP contribution in [0.3, 0.4) is 0 Å². The van der Waals surface area contributed by atoms with Gasteiger partial charge in [-0.15, -0.1) is 0 Å². The van der Waals surface area contributed by atoms with Gasteiger partial charge in [0.25, 0.3) is 0 Å². The lowest BCUT2D eigenvalue weighted by molar-refractivity contribution is -0.660. The third-order valence-electron chi connectivity index (χ3n) is 7.83. The van der Waals surface area contributed by atoms with E-state index in [1.807, 2.05) is 0 Å². The number of hydrogen-bond acceptors (Lipinski definition) is 0. The highest BCUT2D eigenvalue weighted by molar-refractivity contribution is 5.70. The molecule has 0 radical (unpaired) electrons. The zero-order valence-corrected chi connectivity index (χ0v) is 18.5. The molecule has 30 heavy (non-hydrogen) atoms. The van der Waals surface area contributed by atoms with Gasteiger partial charge in [0.1, 0.15) is 7.05 Å². The second kappa shape index (κ2) is 8.38. The van der Waals surface area contributed by atoms with Gasteiger partial charge in [0.15, 0.2) is 6.20 Å². The van der Waals surface area contributed by atoms with Gasteiger partial charge >= 0.3 is 0 Å². The molecule has 154 valence electrons. The van der Waals surface area contributed by atoms with E-state index < -0.39 is 0 Å². The molecule has 2 fully saturated rings. The number of fused-ring (bicyclic) bond motifs is 1. The maximum atomic E-state index is 2.41. The monoisotopic (exact) mass is 396 g/mol. The predicted molar refractivity (Wildman–Crippen MR) is 125 cm³/mol. The molecule has 3 aromatic rings. The summed E-state index contributed by atoms with van der Waals surface area (Å²) in [4.78, 5) is 0. The molecule has 1 aromatic heterocycles. The van der Waals surface area contributed by atoms with Crippen molar-refractivity contribution in [3.63, 3.8) is 0 Å². The molecule has 1 nitrogen and oxygen atoms in total. The standard InChI is InChI=1S/C29H34N/c1-21-7-3-6-10-28(21)29-20-27(17-18-30(29)2)24-13-11-23(12-14-24)26-16-15-22-8-4-5-9-25(22)19-26/h3,6-7,10-14,17-18,20,22,25-26H,4-5,8-9,15-16,19H2,1-2H3/q+1. The van der Waals surface area contributed by atoms with Crippen LogP contribution in [0.25, 0.3) is 22.4 Å². The fourth-order valence-electron chi connectivity index (χ4n) is 6.00. The number of hydrogen-bond donors (Lipinski definition) is 0. The van der Waals surface area contributed by atoms with Crippen molar-refractivity contribution in [3.8, 4) is 22.4 Å². The van der Waals surface area contributed by atoms with Gasteiger partial charge in [-0.2, -0.15) is 0 Å². The van der Waals surface area contributed by atoms with Gasteiger partial charge < -0.3 is 0 Å². The first-order valence-corrected chi connectivity index (χ1v) is 11.8. The summed E-state index contributed by atoms with van der Waals surface area (Å²) in [5, 5.41) is 0. The van der Waals surface area contributed by atoms with Crippen LogP contribution in [0, 0.1) is 18.8 Å². The van der Waals surface area contributed by atoms with E-state index in [0.29, 0.717) is 0 Å². The Balaban J connectivity index is 1.38. The Morgan fingerprint density at radius 1 is 0.767 bits per heavy atom. The minimum Gasteiger partial charge on any atom is -0.201 e. The number of rotatable bonds is 3. The van der Waals surface area contributed by atoms with Crippen LogP contribution in [-0.4, -0.2) is 0 Å². The molecule has 1 heterocycles. The summed E-state index contributed by atoms with van der Waals surface area (Å²) >= 11 is 0. The normalized spacial score (nSPS) is 23.7. The lowest BCUT2D eigenvalue weighted by atomic mass is 9.66. The molecule has 0 bridgehead atoms. The molecule has 5 rings (SSSR count). The van der Waals surface area contributed by atoms with Gasteiger partial charge in [0.05, 0.1) is 0 Å². The lowest BCUT2D eigenvalue weighted by Crippen LogP contribution is -2.30. The van der Waals surface area contributed by atoms with E-state index >= 15 is 0 Å². The van der Waals surface area contributed by atoms with Crippen LogP contribution < -0.4 is 4.57 Å². The molecule has 0 amide bonds. The van der Waals surface area contributed by atoms with Crippen molar-refractivity contribution in [1.82, 2.24) is 0 Å². The maximum absolute atomic E-state index is 2.41. The van der Waals surface area contributed by atoms with E-state index in [2.05, 4.69) is 85.4 Å². The third-order valence-corrected chi connectivity index (χ3v) is 7.83. The molecule has 0 aliphatic heterocycles. The Morgan fingerprint density at radius 3 is 2.33 bits per heavy atom. The average Bonchev–Trinajstić information content (AvgIpc) is 2.80. The summed E-state index contributed by atoms with van der Waals surface area (Å²) in [7, 11) is 2.14. The van der Waals surface area contributed by atoms with Crippen molar-refractivity contribution in [2.45, 2.75) is 57.8 Å². The minimum atomic E-state index is 0.773. The van der Waals surface area contributed by atoms with Crippen molar-refractivity contribution >= 4 is 0 Å². The number of nitrogens with zero attached hydrogens (tertiary/aromatic N) is 1. The van der Waals surface area contributed by atoms with E-state index in [-0.39, 0.29) is 0 Å². The van der Waals surface area contributed by atoms with E-state index in [1.165, 1.54) is 72.9 Å². The SMILES string of the molecule is Cc1ccccc1-c1cc(-c2ccc(C3CCC4CCCCC4C3)cc2)cc[n+]1C.